The van der Waals surface area contributed by atoms with Crippen LogP contribution in [0.3, 0.4) is 0 Å². The number of H-pyrrole nitrogens is 1. The summed E-state index contributed by atoms with van der Waals surface area (Å²) in [6, 6.07) is 25.1. The number of aromatic nitrogens is 8. The van der Waals surface area contributed by atoms with E-state index in [2.05, 4.69) is 36.0 Å². The standard InChI is InChI=1S/C19H17F3N4O2.C15H11F3N4.C4H8O3/c20-19(21,22)15-7-5-13(6-8-15)9-14-3-1-2-4-17(14)18-23-25-26(24-18)16-10-27-12-28-11-16;16-15(17,18)12-7-5-10(6-8-12)9-11-3-1-2-4-13(11)14-19-21-22-20-14;5-4-1-6-3-7-2-4/h1-8,16H,9-12H2;1-8H,9H2,(H,19,20,21,22);4-5H,1-3H2. The second kappa shape index (κ2) is 19.0. The number of tetrazole rings is 2. The van der Waals surface area contributed by atoms with E-state index in [1.54, 1.807) is 0 Å². The third-order valence-corrected chi connectivity index (χ3v) is 8.54. The van der Waals surface area contributed by atoms with Crippen molar-refractivity contribution in [3.8, 4) is 22.8 Å². The molecule has 13 nitrogen and oxygen atoms in total. The Morgan fingerprint density at radius 2 is 1.09 bits per heavy atom. The van der Waals surface area contributed by atoms with Crippen LogP contribution in [0.4, 0.5) is 26.3 Å². The Kier molecular flexibility index (Phi) is 13.7. The number of aliphatic hydroxyl groups excluding tert-OH is 1. The summed E-state index contributed by atoms with van der Waals surface area (Å²) in [7, 11) is 0. The number of alkyl halides is 6. The van der Waals surface area contributed by atoms with Crippen LogP contribution >= 0.6 is 0 Å². The van der Waals surface area contributed by atoms with Crippen LogP contribution in [0.5, 0.6) is 0 Å². The SMILES string of the molecule is FC(F)(F)c1ccc(Cc2ccccc2-c2nn[nH]n2)cc1.FC(F)(F)c1ccc(Cc2ccccc2-c2nnn(C3COCOC3)n2)cc1.OC1COCOC1. The van der Waals surface area contributed by atoms with Crippen molar-refractivity contribution < 1.29 is 50.4 Å². The van der Waals surface area contributed by atoms with Gasteiger partial charge in [-0.1, -0.05) is 72.8 Å². The fourth-order valence-corrected chi connectivity index (χ4v) is 5.70. The molecule has 0 saturated carbocycles. The summed E-state index contributed by atoms with van der Waals surface area (Å²) in [4.78, 5) is 1.48. The van der Waals surface area contributed by atoms with Gasteiger partial charge < -0.3 is 24.1 Å². The number of halogens is 6. The Balaban J connectivity index is 0.000000168. The van der Waals surface area contributed by atoms with Crippen LogP contribution in [0.25, 0.3) is 22.8 Å². The molecule has 300 valence electrons. The zero-order valence-electron chi connectivity index (χ0n) is 30.0. The van der Waals surface area contributed by atoms with Crippen LogP contribution < -0.4 is 0 Å². The van der Waals surface area contributed by atoms with Gasteiger partial charge in [0.25, 0.3) is 0 Å². The third kappa shape index (κ3) is 11.7. The maximum absolute atomic E-state index is 12.7. The Labute approximate surface area is 321 Å². The van der Waals surface area contributed by atoms with E-state index in [0.717, 1.165) is 57.6 Å². The number of aromatic amines is 1. The van der Waals surface area contributed by atoms with Crippen LogP contribution in [-0.4, -0.2) is 92.1 Å². The molecule has 2 aliphatic heterocycles. The Hall–Kier alpha value is -5.60. The van der Waals surface area contributed by atoms with Gasteiger partial charge in [-0.2, -0.15) is 36.4 Å². The van der Waals surface area contributed by atoms with Gasteiger partial charge in [0.1, 0.15) is 25.7 Å². The summed E-state index contributed by atoms with van der Waals surface area (Å²) in [6.45, 7) is 2.32. The first-order valence-electron chi connectivity index (χ1n) is 17.4. The molecule has 0 amide bonds. The first-order chi connectivity index (χ1) is 27.4. The molecule has 4 heterocycles. The maximum atomic E-state index is 12.7. The van der Waals surface area contributed by atoms with E-state index in [0.29, 0.717) is 57.7 Å². The number of hydrogen-bond donors (Lipinski definition) is 2. The Bertz CT molecular complexity index is 2120. The minimum absolute atomic E-state index is 0.142. The molecule has 2 aliphatic rings. The lowest BCUT2D eigenvalue weighted by molar-refractivity contribution is -0.150. The van der Waals surface area contributed by atoms with Gasteiger partial charge in [-0.3, -0.25) is 0 Å². The molecule has 2 aromatic heterocycles. The molecule has 0 radical (unpaired) electrons. The lowest BCUT2D eigenvalue weighted by Crippen LogP contribution is -2.28. The predicted octanol–water partition coefficient (Wildman–Crippen LogP) is 6.32. The van der Waals surface area contributed by atoms with E-state index in [1.807, 2.05) is 48.5 Å². The largest absolute Gasteiger partial charge is 0.416 e. The third-order valence-electron chi connectivity index (χ3n) is 8.54. The number of nitrogens with one attached hydrogen (secondary N) is 1. The molecule has 57 heavy (non-hydrogen) atoms. The summed E-state index contributed by atoms with van der Waals surface area (Å²) in [5.74, 6) is 0.913. The molecule has 2 saturated heterocycles. The second-order valence-corrected chi connectivity index (χ2v) is 12.8. The van der Waals surface area contributed by atoms with Gasteiger partial charge in [-0.25, -0.2) is 0 Å². The summed E-state index contributed by atoms with van der Waals surface area (Å²) in [5, 5.41) is 35.1. The van der Waals surface area contributed by atoms with Crippen molar-refractivity contribution in [3.05, 3.63) is 130 Å². The Morgan fingerprint density at radius 3 is 1.53 bits per heavy atom. The number of hydrogen-bond acceptors (Lipinski definition) is 11. The zero-order chi connectivity index (χ0) is 40.3. The van der Waals surface area contributed by atoms with Gasteiger partial charge >= 0.3 is 12.4 Å². The molecule has 2 fully saturated rings. The highest BCUT2D eigenvalue weighted by atomic mass is 19.4. The number of aliphatic hydroxyl groups is 1. The molecule has 8 rings (SSSR count). The van der Waals surface area contributed by atoms with Gasteiger partial charge in [-0.05, 0) is 69.8 Å². The van der Waals surface area contributed by atoms with Crippen molar-refractivity contribution in [2.24, 2.45) is 0 Å². The molecular formula is C38H36F6N8O5. The van der Waals surface area contributed by atoms with E-state index in [1.165, 1.54) is 29.1 Å². The molecule has 4 aromatic carbocycles. The number of nitrogens with zero attached hydrogens (tertiary/aromatic N) is 7. The average molecular weight is 799 g/mol. The molecule has 0 spiro atoms. The minimum Gasteiger partial charge on any atom is -0.388 e. The molecular weight excluding hydrogens is 762 g/mol. The first kappa shape index (κ1) is 41.0. The zero-order valence-corrected chi connectivity index (χ0v) is 30.0. The van der Waals surface area contributed by atoms with E-state index >= 15 is 0 Å². The quantitative estimate of drug-likeness (QED) is 0.174. The van der Waals surface area contributed by atoms with Crippen molar-refractivity contribution in [3.63, 3.8) is 0 Å². The van der Waals surface area contributed by atoms with Gasteiger partial charge in [0.15, 0.2) is 0 Å². The van der Waals surface area contributed by atoms with Crippen LogP contribution in [-0.2, 0) is 44.1 Å². The summed E-state index contributed by atoms with van der Waals surface area (Å²) in [5.41, 5.74) is 3.64. The van der Waals surface area contributed by atoms with Crippen molar-refractivity contribution in [2.45, 2.75) is 37.3 Å². The number of rotatable bonds is 7. The predicted molar refractivity (Wildman–Crippen MR) is 190 cm³/mol. The Morgan fingerprint density at radius 1 is 0.614 bits per heavy atom. The highest BCUT2D eigenvalue weighted by Crippen LogP contribution is 2.31. The first-order valence-corrected chi connectivity index (χ1v) is 17.4. The monoisotopic (exact) mass is 798 g/mol. The average Bonchev–Trinajstić information content (AvgIpc) is 3.94. The van der Waals surface area contributed by atoms with Gasteiger partial charge in [0.05, 0.1) is 37.6 Å². The summed E-state index contributed by atoms with van der Waals surface area (Å²) >= 11 is 0. The van der Waals surface area contributed by atoms with E-state index < -0.39 is 29.6 Å². The van der Waals surface area contributed by atoms with Crippen LogP contribution in [0.1, 0.15) is 39.4 Å². The molecule has 0 aliphatic carbocycles. The molecule has 19 heteroatoms. The number of benzene rings is 4. The topological polar surface area (TPSA) is 155 Å². The molecule has 2 N–H and O–H groups in total. The van der Waals surface area contributed by atoms with Crippen molar-refractivity contribution in [2.75, 3.05) is 40.0 Å². The lowest BCUT2D eigenvalue weighted by atomic mass is 9.98. The van der Waals surface area contributed by atoms with E-state index in [-0.39, 0.29) is 12.8 Å². The van der Waals surface area contributed by atoms with Gasteiger partial charge in [0, 0.05) is 11.1 Å². The van der Waals surface area contributed by atoms with Crippen molar-refractivity contribution in [1.82, 2.24) is 40.8 Å². The van der Waals surface area contributed by atoms with E-state index in [4.69, 9.17) is 24.1 Å². The molecule has 6 aromatic rings. The van der Waals surface area contributed by atoms with Crippen LogP contribution in [0.15, 0.2) is 97.1 Å². The lowest BCUT2D eigenvalue weighted by Gasteiger charge is -2.20. The maximum Gasteiger partial charge on any atom is 0.416 e. The molecule has 0 bridgehead atoms. The summed E-state index contributed by atoms with van der Waals surface area (Å²) in [6.07, 6.45) is -8.12. The normalized spacial score (nSPS) is 15.3. The number of ether oxygens (including phenoxy) is 4. The van der Waals surface area contributed by atoms with Crippen molar-refractivity contribution in [1.29, 1.82) is 0 Å². The fraction of sp³-hybridized carbons (Fsp3) is 0.316. The van der Waals surface area contributed by atoms with Crippen LogP contribution in [0.2, 0.25) is 0 Å². The molecule has 0 atom stereocenters. The fourth-order valence-electron chi connectivity index (χ4n) is 5.70. The van der Waals surface area contributed by atoms with Gasteiger partial charge in [0.2, 0.25) is 11.6 Å². The molecule has 0 unspecified atom stereocenters. The second-order valence-electron chi connectivity index (χ2n) is 12.8. The highest BCUT2D eigenvalue weighted by Gasteiger charge is 2.31. The highest BCUT2D eigenvalue weighted by molar-refractivity contribution is 5.61. The van der Waals surface area contributed by atoms with Gasteiger partial charge in [-0.15, -0.1) is 20.4 Å². The van der Waals surface area contributed by atoms with E-state index in [9.17, 15) is 26.3 Å². The van der Waals surface area contributed by atoms with Crippen LogP contribution in [0, 0.1) is 0 Å². The van der Waals surface area contributed by atoms with Crippen molar-refractivity contribution >= 4 is 0 Å². The summed E-state index contributed by atoms with van der Waals surface area (Å²) < 4.78 is 95.9. The smallest absolute Gasteiger partial charge is 0.388 e. The minimum atomic E-state index is -4.34.